The van der Waals surface area contributed by atoms with Crippen molar-refractivity contribution in [3.63, 3.8) is 0 Å². The van der Waals surface area contributed by atoms with Gasteiger partial charge >= 0.3 is 0 Å². The molecule has 0 spiro atoms. The van der Waals surface area contributed by atoms with E-state index >= 15 is 0 Å². The molecule has 0 amide bonds. The summed E-state index contributed by atoms with van der Waals surface area (Å²) >= 11 is 1.26. The third kappa shape index (κ3) is 2.41. The fourth-order valence-corrected chi connectivity index (χ4v) is 4.89. The zero-order valence-electron chi connectivity index (χ0n) is 10.1. The first-order chi connectivity index (χ1) is 9.18. The van der Waals surface area contributed by atoms with Gasteiger partial charge in [0.25, 0.3) is 10.0 Å². The minimum atomic E-state index is -3.33. The predicted molar refractivity (Wildman–Crippen MR) is 72.5 cm³/mol. The van der Waals surface area contributed by atoms with Crippen molar-refractivity contribution in [3.8, 4) is 0 Å². The number of nitrogens with zero attached hydrogens (tertiary/aromatic N) is 3. The Labute approximate surface area is 116 Å². The van der Waals surface area contributed by atoms with Crippen LogP contribution in [-0.4, -0.2) is 35.8 Å². The molecule has 0 saturated carbocycles. The average Bonchev–Trinajstić information content (AvgIpc) is 3.12. The molecule has 5 nitrogen and oxygen atoms in total. The van der Waals surface area contributed by atoms with Crippen LogP contribution in [0.3, 0.4) is 0 Å². The monoisotopic (exact) mass is 295 g/mol. The largest absolute Gasteiger partial charge is 0.261 e. The molecule has 0 aromatic carbocycles. The maximum atomic E-state index is 12.4. The van der Waals surface area contributed by atoms with E-state index in [9.17, 15) is 8.42 Å². The van der Waals surface area contributed by atoms with Gasteiger partial charge in [-0.1, -0.05) is 6.07 Å². The number of hydrogen-bond acceptors (Lipinski definition) is 5. The first kappa shape index (κ1) is 12.7. The van der Waals surface area contributed by atoms with Crippen LogP contribution in [0.1, 0.15) is 18.0 Å². The van der Waals surface area contributed by atoms with Crippen molar-refractivity contribution in [1.82, 2.24) is 14.3 Å². The lowest BCUT2D eigenvalue weighted by molar-refractivity contribution is 0.474. The summed E-state index contributed by atoms with van der Waals surface area (Å²) < 4.78 is 26.7. The number of rotatable bonds is 3. The summed E-state index contributed by atoms with van der Waals surface area (Å²) in [5.41, 5.74) is 0.867. The molecule has 7 heteroatoms. The number of aromatic nitrogens is 2. The van der Waals surface area contributed by atoms with Gasteiger partial charge in [0.2, 0.25) is 0 Å². The zero-order chi connectivity index (χ0) is 13.3. The normalized spacial score (nSPS) is 20.7. The molecule has 19 heavy (non-hydrogen) atoms. The van der Waals surface area contributed by atoms with Gasteiger partial charge in [-0.15, -0.1) is 11.3 Å². The van der Waals surface area contributed by atoms with Gasteiger partial charge in [-0.3, -0.25) is 9.97 Å². The Hall–Kier alpha value is -1.31. The topological polar surface area (TPSA) is 63.2 Å². The van der Waals surface area contributed by atoms with E-state index in [0.29, 0.717) is 17.3 Å². The first-order valence-electron chi connectivity index (χ1n) is 5.97. The predicted octanol–water partition coefficient (Wildman–Crippen LogP) is 1.72. The van der Waals surface area contributed by atoms with Crippen LogP contribution in [-0.2, 0) is 10.0 Å². The molecule has 3 rings (SSSR count). The molecule has 1 unspecified atom stereocenters. The van der Waals surface area contributed by atoms with Crippen molar-refractivity contribution in [2.45, 2.75) is 16.5 Å². The van der Waals surface area contributed by atoms with E-state index in [-0.39, 0.29) is 5.92 Å². The molecule has 0 bridgehead atoms. The minimum Gasteiger partial charge on any atom is -0.261 e. The van der Waals surface area contributed by atoms with Crippen LogP contribution in [0.2, 0.25) is 0 Å². The lowest BCUT2D eigenvalue weighted by Crippen LogP contribution is -2.28. The second-order valence-corrected chi connectivity index (χ2v) is 7.52. The smallest absolute Gasteiger partial charge is 0.252 e. The lowest BCUT2D eigenvalue weighted by Gasteiger charge is -2.15. The van der Waals surface area contributed by atoms with Gasteiger partial charge in [0.05, 0.1) is 5.69 Å². The molecule has 1 aliphatic heterocycles. The third-order valence-electron chi connectivity index (χ3n) is 3.24. The van der Waals surface area contributed by atoms with E-state index in [0.717, 1.165) is 12.1 Å². The van der Waals surface area contributed by atoms with Gasteiger partial charge < -0.3 is 0 Å². The number of sulfonamides is 1. The molecule has 0 radical (unpaired) electrons. The quantitative estimate of drug-likeness (QED) is 0.865. The minimum absolute atomic E-state index is 0.142. The molecule has 0 aliphatic carbocycles. The summed E-state index contributed by atoms with van der Waals surface area (Å²) in [6.07, 6.45) is 5.78. The Morgan fingerprint density at radius 2 is 2.26 bits per heavy atom. The summed E-state index contributed by atoms with van der Waals surface area (Å²) in [4.78, 5) is 8.30. The van der Waals surface area contributed by atoms with Gasteiger partial charge in [0.1, 0.15) is 4.21 Å². The summed E-state index contributed by atoms with van der Waals surface area (Å²) in [6, 6.07) is 3.41. The Bertz CT molecular complexity index is 641. The van der Waals surface area contributed by atoms with Gasteiger partial charge in [0.15, 0.2) is 0 Å². The Morgan fingerprint density at radius 3 is 2.95 bits per heavy atom. The van der Waals surface area contributed by atoms with Crippen molar-refractivity contribution in [2.75, 3.05) is 13.1 Å². The van der Waals surface area contributed by atoms with Gasteiger partial charge in [0, 0.05) is 37.6 Å². The van der Waals surface area contributed by atoms with E-state index in [4.69, 9.17) is 0 Å². The molecule has 1 atom stereocenters. The van der Waals surface area contributed by atoms with Crippen molar-refractivity contribution >= 4 is 21.4 Å². The highest BCUT2D eigenvalue weighted by Crippen LogP contribution is 2.30. The summed E-state index contributed by atoms with van der Waals surface area (Å²) in [7, 11) is -3.33. The molecule has 1 fully saturated rings. The summed E-state index contributed by atoms with van der Waals surface area (Å²) in [5, 5.41) is 1.78. The molecular formula is C12H13N3O2S2. The fraction of sp³-hybridized carbons (Fsp3) is 0.333. The van der Waals surface area contributed by atoms with Crippen LogP contribution in [0.25, 0.3) is 0 Å². The number of thiophene rings is 1. The van der Waals surface area contributed by atoms with Crippen LogP contribution in [0.15, 0.2) is 40.3 Å². The lowest BCUT2D eigenvalue weighted by atomic mass is 10.1. The van der Waals surface area contributed by atoms with Crippen LogP contribution >= 0.6 is 11.3 Å². The Morgan fingerprint density at radius 1 is 1.37 bits per heavy atom. The molecule has 2 aromatic rings. The van der Waals surface area contributed by atoms with Gasteiger partial charge in [-0.2, -0.15) is 4.31 Å². The van der Waals surface area contributed by atoms with Crippen LogP contribution in [0.4, 0.5) is 0 Å². The van der Waals surface area contributed by atoms with Gasteiger partial charge in [-0.05, 0) is 17.9 Å². The summed E-state index contributed by atoms with van der Waals surface area (Å²) in [5.74, 6) is 0.142. The highest BCUT2D eigenvalue weighted by atomic mass is 32.2. The van der Waals surface area contributed by atoms with Crippen molar-refractivity contribution in [2.24, 2.45) is 0 Å². The van der Waals surface area contributed by atoms with E-state index < -0.39 is 10.0 Å². The van der Waals surface area contributed by atoms with Crippen LogP contribution in [0.5, 0.6) is 0 Å². The van der Waals surface area contributed by atoms with E-state index in [2.05, 4.69) is 9.97 Å². The van der Waals surface area contributed by atoms with Crippen molar-refractivity contribution in [3.05, 3.63) is 41.8 Å². The van der Waals surface area contributed by atoms with Crippen LogP contribution < -0.4 is 0 Å². The maximum Gasteiger partial charge on any atom is 0.252 e. The zero-order valence-corrected chi connectivity index (χ0v) is 11.8. The van der Waals surface area contributed by atoms with E-state index in [1.54, 1.807) is 36.1 Å². The van der Waals surface area contributed by atoms with Crippen molar-refractivity contribution in [1.29, 1.82) is 0 Å². The molecule has 0 N–H and O–H groups in total. The fourth-order valence-electron chi connectivity index (χ4n) is 2.25. The SMILES string of the molecule is O=S(=O)(c1cccs1)N1CCC(c2cnccn2)C1. The average molecular weight is 295 g/mol. The number of hydrogen-bond donors (Lipinski definition) is 0. The van der Waals surface area contributed by atoms with E-state index in [1.807, 2.05) is 0 Å². The van der Waals surface area contributed by atoms with Crippen molar-refractivity contribution < 1.29 is 8.42 Å². The standard InChI is InChI=1S/C12H13N3O2S2/c16-19(17,12-2-1-7-18-12)15-6-3-10(9-15)11-8-13-4-5-14-11/h1-2,4-5,7-8,10H,3,6,9H2. The molecule has 2 aromatic heterocycles. The highest BCUT2D eigenvalue weighted by molar-refractivity contribution is 7.91. The molecular weight excluding hydrogens is 282 g/mol. The first-order valence-corrected chi connectivity index (χ1v) is 8.29. The van der Waals surface area contributed by atoms with Crippen LogP contribution in [0, 0.1) is 0 Å². The second-order valence-electron chi connectivity index (χ2n) is 4.41. The third-order valence-corrected chi connectivity index (χ3v) is 6.48. The summed E-state index contributed by atoms with van der Waals surface area (Å²) in [6.45, 7) is 1.03. The Balaban J connectivity index is 1.80. The molecule has 1 saturated heterocycles. The van der Waals surface area contributed by atoms with Gasteiger partial charge in [-0.25, -0.2) is 8.42 Å². The molecule has 3 heterocycles. The highest BCUT2D eigenvalue weighted by Gasteiger charge is 2.34. The molecule has 100 valence electrons. The maximum absolute atomic E-state index is 12.4. The molecule has 1 aliphatic rings. The Kier molecular flexibility index (Phi) is 3.34. The second kappa shape index (κ2) is 4.99. The van der Waals surface area contributed by atoms with E-state index in [1.165, 1.54) is 15.6 Å².